The topological polar surface area (TPSA) is 76.0 Å². The third kappa shape index (κ3) is 4.00. The van der Waals surface area contributed by atoms with Crippen molar-refractivity contribution in [2.24, 2.45) is 0 Å². The summed E-state index contributed by atoms with van der Waals surface area (Å²) < 4.78 is 7.29. The maximum atomic E-state index is 5.55. The molecule has 0 radical (unpaired) electrons. The maximum Gasteiger partial charge on any atom is 0.138 e. The molecule has 0 unspecified atom stereocenters. The monoisotopic (exact) mass is 364 g/mol. The van der Waals surface area contributed by atoms with Crippen LogP contribution >= 0.6 is 0 Å². The van der Waals surface area contributed by atoms with Crippen LogP contribution in [0.3, 0.4) is 0 Å². The SMILES string of the molecule is COc1ccc(-n2cncn2)cc1CN[C@H]1NCCN[C@H]1c1ccccc1. The lowest BCUT2D eigenvalue weighted by Gasteiger charge is -2.35. The normalized spacial score (nSPS) is 19.7. The van der Waals surface area contributed by atoms with E-state index in [1.165, 1.54) is 11.9 Å². The number of piperazine rings is 1. The average molecular weight is 364 g/mol. The van der Waals surface area contributed by atoms with Crippen LogP contribution in [0.1, 0.15) is 17.2 Å². The van der Waals surface area contributed by atoms with Gasteiger partial charge in [-0.2, -0.15) is 5.10 Å². The van der Waals surface area contributed by atoms with E-state index in [0.29, 0.717) is 6.54 Å². The van der Waals surface area contributed by atoms with Gasteiger partial charge in [0.15, 0.2) is 0 Å². The number of nitrogens with zero attached hydrogens (tertiary/aromatic N) is 3. The number of methoxy groups -OCH3 is 1. The quantitative estimate of drug-likeness (QED) is 0.617. The molecule has 140 valence electrons. The molecule has 2 aromatic carbocycles. The first-order valence-corrected chi connectivity index (χ1v) is 9.12. The lowest BCUT2D eigenvalue weighted by atomic mass is 10.0. The van der Waals surface area contributed by atoms with E-state index in [4.69, 9.17) is 4.74 Å². The van der Waals surface area contributed by atoms with Crippen LogP contribution in [0.2, 0.25) is 0 Å². The predicted octanol–water partition coefficient (Wildman–Crippen LogP) is 1.63. The van der Waals surface area contributed by atoms with Gasteiger partial charge in [-0.3, -0.25) is 10.6 Å². The van der Waals surface area contributed by atoms with Crippen molar-refractivity contribution in [2.75, 3.05) is 20.2 Å². The minimum atomic E-state index is 0.126. The Morgan fingerprint density at radius 3 is 2.78 bits per heavy atom. The van der Waals surface area contributed by atoms with Crippen LogP contribution in [0, 0.1) is 0 Å². The zero-order valence-electron chi connectivity index (χ0n) is 15.3. The fraction of sp³-hybridized carbons (Fsp3) is 0.300. The minimum Gasteiger partial charge on any atom is -0.496 e. The standard InChI is InChI=1S/C20H24N6O/c1-27-18-8-7-17(26-14-21-13-25-26)11-16(18)12-24-20-19(22-9-10-23-20)15-5-3-2-4-6-15/h2-8,11,13-14,19-20,22-24H,9-10,12H2,1H3/t19-,20+/m0/s1. The Morgan fingerprint density at radius 2 is 2.00 bits per heavy atom. The Balaban J connectivity index is 1.52. The van der Waals surface area contributed by atoms with Crippen molar-refractivity contribution >= 4 is 0 Å². The molecule has 7 heteroatoms. The number of benzene rings is 2. The van der Waals surface area contributed by atoms with E-state index in [0.717, 1.165) is 30.1 Å². The van der Waals surface area contributed by atoms with Gasteiger partial charge in [0.25, 0.3) is 0 Å². The maximum absolute atomic E-state index is 5.55. The fourth-order valence-corrected chi connectivity index (χ4v) is 3.46. The van der Waals surface area contributed by atoms with Crippen molar-refractivity contribution in [3.05, 3.63) is 72.3 Å². The van der Waals surface area contributed by atoms with Gasteiger partial charge in [0.05, 0.1) is 25.0 Å². The molecule has 1 aliphatic rings. The van der Waals surface area contributed by atoms with Crippen LogP contribution in [0.15, 0.2) is 61.2 Å². The highest BCUT2D eigenvalue weighted by atomic mass is 16.5. The zero-order chi connectivity index (χ0) is 18.5. The number of aromatic nitrogens is 3. The predicted molar refractivity (Wildman–Crippen MR) is 104 cm³/mol. The van der Waals surface area contributed by atoms with E-state index >= 15 is 0 Å². The van der Waals surface area contributed by atoms with Crippen LogP contribution in [-0.4, -0.2) is 41.1 Å². The van der Waals surface area contributed by atoms with Crippen LogP contribution in [0.5, 0.6) is 5.75 Å². The second-order valence-corrected chi connectivity index (χ2v) is 6.49. The van der Waals surface area contributed by atoms with E-state index < -0.39 is 0 Å². The molecule has 7 nitrogen and oxygen atoms in total. The first-order valence-electron chi connectivity index (χ1n) is 9.12. The molecule has 3 N–H and O–H groups in total. The van der Waals surface area contributed by atoms with E-state index in [-0.39, 0.29) is 12.2 Å². The van der Waals surface area contributed by atoms with Gasteiger partial charge < -0.3 is 10.1 Å². The third-order valence-corrected chi connectivity index (χ3v) is 4.81. The van der Waals surface area contributed by atoms with Crippen molar-refractivity contribution in [3.63, 3.8) is 0 Å². The summed E-state index contributed by atoms with van der Waals surface area (Å²) in [4.78, 5) is 4.02. The summed E-state index contributed by atoms with van der Waals surface area (Å²) in [6.07, 6.45) is 3.35. The van der Waals surface area contributed by atoms with Gasteiger partial charge in [-0.25, -0.2) is 9.67 Å². The molecule has 3 aromatic rings. The van der Waals surface area contributed by atoms with E-state index in [1.54, 1.807) is 18.1 Å². The first kappa shape index (κ1) is 17.7. The second kappa shape index (κ2) is 8.30. The van der Waals surface area contributed by atoms with Gasteiger partial charge in [-0.15, -0.1) is 0 Å². The highest BCUT2D eigenvalue weighted by molar-refractivity contribution is 5.43. The molecule has 2 atom stereocenters. The smallest absolute Gasteiger partial charge is 0.138 e. The van der Waals surface area contributed by atoms with Crippen LogP contribution in [0.4, 0.5) is 0 Å². The number of hydrogen-bond donors (Lipinski definition) is 3. The summed E-state index contributed by atoms with van der Waals surface area (Å²) in [6, 6.07) is 16.7. The van der Waals surface area contributed by atoms with Crippen molar-refractivity contribution < 1.29 is 4.74 Å². The Kier molecular flexibility index (Phi) is 5.43. The van der Waals surface area contributed by atoms with Gasteiger partial charge in [0, 0.05) is 25.2 Å². The molecular weight excluding hydrogens is 340 g/mol. The van der Waals surface area contributed by atoms with Crippen LogP contribution in [-0.2, 0) is 6.54 Å². The number of nitrogens with one attached hydrogen (secondary N) is 3. The molecule has 0 aliphatic carbocycles. The molecule has 1 fully saturated rings. The molecule has 0 saturated carbocycles. The summed E-state index contributed by atoms with van der Waals surface area (Å²) in [7, 11) is 1.70. The minimum absolute atomic E-state index is 0.126. The first-order chi connectivity index (χ1) is 13.3. The molecular formula is C20H24N6O. The number of ether oxygens (including phenoxy) is 1. The summed E-state index contributed by atoms with van der Waals surface area (Å²) in [5.41, 5.74) is 3.30. The van der Waals surface area contributed by atoms with Gasteiger partial charge in [-0.1, -0.05) is 30.3 Å². The zero-order valence-corrected chi connectivity index (χ0v) is 15.3. The Morgan fingerprint density at radius 1 is 1.15 bits per heavy atom. The molecule has 4 rings (SSSR count). The van der Waals surface area contributed by atoms with Crippen molar-refractivity contribution in [1.82, 2.24) is 30.7 Å². The molecule has 1 aliphatic heterocycles. The summed E-state index contributed by atoms with van der Waals surface area (Å²) in [6.45, 7) is 2.55. The summed E-state index contributed by atoms with van der Waals surface area (Å²) in [5.74, 6) is 0.853. The molecule has 1 aromatic heterocycles. The van der Waals surface area contributed by atoms with E-state index in [2.05, 4.69) is 56.4 Å². The summed E-state index contributed by atoms with van der Waals surface area (Å²) in [5, 5.41) is 15.0. The molecule has 1 saturated heterocycles. The summed E-state index contributed by atoms with van der Waals surface area (Å²) >= 11 is 0. The number of rotatable bonds is 6. The fourth-order valence-electron chi connectivity index (χ4n) is 3.46. The van der Waals surface area contributed by atoms with Crippen LogP contribution < -0.4 is 20.7 Å². The lowest BCUT2D eigenvalue weighted by Crippen LogP contribution is -2.57. The largest absolute Gasteiger partial charge is 0.496 e. The molecule has 0 bridgehead atoms. The highest BCUT2D eigenvalue weighted by Gasteiger charge is 2.25. The van der Waals surface area contributed by atoms with Gasteiger partial charge in [-0.05, 0) is 23.8 Å². The highest BCUT2D eigenvalue weighted by Crippen LogP contribution is 2.23. The van der Waals surface area contributed by atoms with E-state index in [1.807, 2.05) is 18.2 Å². The van der Waals surface area contributed by atoms with Crippen LogP contribution in [0.25, 0.3) is 5.69 Å². The Hall–Kier alpha value is -2.74. The van der Waals surface area contributed by atoms with Gasteiger partial charge in [0.1, 0.15) is 18.4 Å². The van der Waals surface area contributed by atoms with E-state index in [9.17, 15) is 0 Å². The van der Waals surface area contributed by atoms with Crippen molar-refractivity contribution in [1.29, 1.82) is 0 Å². The average Bonchev–Trinajstić information content (AvgIpc) is 3.28. The van der Waals surface area contributed by atoms with Crippen molar-refractivity contribution in [3.8, 4) is 11.4 Å². The third-order valence-electron chi connectivity index (χ3n) is 4.81. The van der Waals surface area contributed by atoms with Gasteiger partial charge in [0.2, 0.25) is 0 Å². The second-order valence-electron chi connectivity index (χ2n) is 6.49. The lowest BCUT2D eigenvalue weighted by molar-refractivity contribution is 0.278. The molecule has 2 heterocycles. The van der Waals surface area contributed by atoms with Crippen molar-refractivity contribution in [2.45, 2.75) is 18.8 Å². The molecule has 0 spiro atoms. The molecule has 27 heavy (non-hydrogen) atoms. The van der Waals surface area contributed by atoms with Gasteiger partial charge >= 0.3 is 0 Å². The number of hydrogen-bond acceptors (Lipinski definition) is 6. The molecule has 0 amide bonds. The Labute approximate surface area is 158 Å². The Bertz CT molecular complexity index is 852.